The minimum atomic E-state index is -4.38. The number of piperazine rings is 1. The summed E-state index contributed by atoms with van der Waals surface area (Å²) in [6.45, 7) is 3.18. The van der Waals surface area contributed by atoms with E-state index < -0.39 is 11.7 Å². The Bertz CT molecular complexity index is 938. The van der Waals surface area contributed by atoms with Gasteiger partial charge in [0.05, 0.1) is 11.3 Å². The Labute approximate surface area is 160 Å². The van der Waals surface area contributed by atoms with Crippen molar-refractivity contribution in [3.8, 4) is 11.3 Å². The maximum absolute atomic E-state index is 13.0. The highest BCUT2D eigenvalue weighted by Gasteiger charge is 2.30. The third-order valence-electron chi connectivity index (χ3n) is 4.77. The van der Waals surface area contributed by atoms with Crippen LogP contribution in [0.2, 0.25) is 0 Å². The molecule has 5 nitrogen and oxygen atoms in total. The van der Waals surface area contributed by atoms with Crippen molar-refractivity contribution in [3.63, 3.8) is 0 Å². The van der Waals surface area contributed by atoms with Gasteiger partial charge in [-0.25, -0.2) is 9.97 Å². The summed E-state index contributed by atoms with van der Waals surface area (Å²) in [5.41, 5.74) is 1.35. The van der Waals surface area contributed by atoms with Gasteiger partial charge in [-0.1, -0.05) is 12.1 Å². The molecule has 4 rings (SSSR count). The first kappa shape index (κ1) is 18.2. The first-order valence-corrected chi connectivity index (χ1v) is 8.90. The molecular weight excluding hydrogens is 367 g/mol. The first-order valence-electron chi connectivity index (χ1n) is 8.90. The Kier molecular flexibility index (Phi) is 4.85. The van der Waals surface area contributed by atoms with E-state index in [4.69, 9.17) is 0 Å². The third kappa shape index (κ3) is 3.90. The van der Waals surface area contributed by atoms with E-state index in [-0.39, 0.29) is 0 Å². The maximum atomic E-state index is 13.0. The topological polar surface area (TPSA) is 45.2 Å². The summed E-state index contributed by atoms with van der Waals surface area (Å²) in [7, 11) is 0. The normalized spacial score (nSPS) is 15.0. The molecule has 2 aromatic heterocycles. The van der Waals surface area contributed by atoms with E-state index in [0.717, 1.165) is 49.8 Å². The highest BCUT2D eigenvalue weighted by atomic mass is 19.4. The molecule has 144 valence electrons. The van der Waals surface area contributed by atoms with Crippen LogP contribution in [0.1, 0.15) is 5.56 Å². The van der Waals surface area contributed by atoms with Crippen molar-refractivity contribution in [3.05, 3.63) is 66.7 Å². The highest BCUT2D eigenvalue weighted by molar-refractivity contribution is 5.63. The molecule has 0 radical (unpaired) electrons. The molecule has 8 heteroatoms. The molecule has 1 aromatic carbocycles. The van der Waals surface area contributed by atoms with Crippen LogP contribution in [0, 0.1) is 0 Å². The second-order valence-electron chi connectivity index (χ2n) is 6.52. The summed E-state index contributed by atoms with van der Waals surface area (Å²) in [5.74, 6) is 0.719. The SMILES string of the molecule is FC(F)(F)c1cccc(-c2cc(N3CCN(c4ccncc4)CC3)ncn2)c1. The first-order chi connectivity index (χ1) is 13.5. The molecule has 1 aliphatic heterocycles. The third-order valence-corrected chi connectivity index (χ3v) is 4.77. The summed E-state index contributed by atoms with van der Waals surface area (Å²) < 4.78 is 38.9. The standard InChI is InChI=1S/C20H18F3N5/c21-20(22,23)16-3-1-2-15(12-16)18-13-19(26-14-25-18)28-10-8-27(9-11-28)17-4-6-24-7-5-17/h1-7,12-14H,8-11H2. The number of alkyl halides is 3. The van der Waals surface area contributed by atoms with E-state index >= 15 is 0 Å². The van der Waals surface area contributed by atoms with Crippen LogP contribution < -0.4 is 9.80 Å². The molecule has 0 N–H and O–H groups in total. The van der Waals surface area contributed by atoms with Gasteiger partial charge in [0.15, 0.2) is 0 Å². The van der Waals surface area contributed by atoms with Gasteiger partial charge in [0.2, 0.25) is 0 Å². The molecule has 0 unspecified atom stereocenters. The predicted octanol–water partition coefficient (Wildman–Crippen LogP) is 3.88. The molecule has 1 saturated heterocycles. The molecule has 0 amide bonds. The Morgan fingerprint density at radius 1 is 0.821 bits per heavy atom. The van der Waals surface area contributed by atoms with Crippen LogP contribution in [0.5, 0.6) is 0 Å². The fraction of sp³-hybridized carbons (Fsp3) is 0.250. The van der Waals surface area contributed by atoms with E-state index in [9.17, 15) is 13.2 Å². The van der Waals surface area contributed by atoms with Crippen LogP contribution in [-0.2, 0) is 6.18 Å². The predicted molar refractivity (Wildman–Crippen MR) is 101 cm³/mol. The van der Waals surface area contributed by atoms with Crippen molar-refractivity contribution in [1.29, 1.82) is 0 Å². The lowest BCUT2D eigenvalue weighted by Gasteiger charge is -2.36. The van der Waals surface area contributed by atoms with Gasteiger partial charge >= 0.3 is 6.18 Å². The molecule has 3 aromatic rings. The lowest BCUT2D eigenvalue weighted by atomic mass is 10.1. The molecule has 0 aliphatic carbocycles. The van der Waals surface area contributed by atoms with Crippen LogP contribution in [-0.4, -0.2) is 41.1 Å². The number of halogens is 3. The van der Waals surface area contributed by atoms with Crippen LogP contribution >= 0.6 is 0 Å². The van der Waals surface area contributed by atoms with Crippen LogP contribution in [0.4, 0.5) is 24.7 Å². The molecule has 1 fully saturated rings. The zero-order valence-corrected chi connectivity index (χ0v) is 15.0. The van der Waals surface area contributed by atoms with Crippen LogP contribution in [0.3, 0.4) is 0 Å². The zero-order chi connectivity index (χ0) is 19.6. The quantitative estimate of drug-likeness (QED) is 0.685. The zero-order valence-electron chi connectivity index (χ0n) is 15.0. The lowest BCUT2D eigenvalue weighted by molar-refractivity contribution is -0.137. The number of hydrogen-bond donors (Lipinski definition) is 0. The Balaban J connectivity index is 1.51. The minimum absolute atomic E-state index is 0.425. The maximum Gasteiger partial charge on any atom is 0.416 e. The average molecular weight is 385 g/mol. The summed E-state index contributed by atoms with van der Waals surface area (Å²) in [6.07, 6.45) is 0.566. The summed E-state index contributed by atoms with van der Waals surface area (Å²) in [5, 5.41) is 0. The van der Waals surface area contributed by atoms with Crippen molar-refractivity contribution in [1.82, 2.24) is 15.0 Å². The number of hydrogen-bond acceptors (Lipinski definition) is 5. The van der Waals surface area contributed by atoms with E-state index in [1.807, 2.05) is 12.1 Å². The molecule has 0 bridgehead atoms. The van der Waals surface area contributed by atoms with Gasteiger partial charge in [0.1, 0.15) is 12.1 Å². The molecule has 0 spiro atoms. The van der Waals surface area contributed by atoms with Crippen LogP contribution in [0.25, 0.3) is 11.3 Å². The smallest absolute Gasteiger partial charge is 0.368 e. The molecule has 3 heterocycles. The highest BCUT2D eigenvalue weighted by Crippen LogP contribution is 2.32. The van der Waals surface area contributed by atoms with Gasteiger partial charge in [-0.15, -0.1) is 0 Å². The molecule has 1 aliphatic rings. The van der Waals surface area contributed by atoms with Gasteiger partial charge in [0, 0.05) is 55.9 Å². The molecule has 28 heavy (non-hydrogen) atoms. The summed E-state index contributed by atoms with van der Waals surface area (Å²) >= 11 is 0. The van der Waals surface area contributed by atoms with E-state index in [1.165, 1.54) is 12.4 Å². The Morgan fingerprint density at radius 3 is 2.25 bits per heavy atom. The van der Waals surface area contributed by atoms with Gasteiger partial charge in [-0.2, -0.15) is 13.2 Å². The number of pyridine rings is 1. The van der Waals surface area contributed by atoms with Gasteiger partial charge in [-0.3, -0.25) is 4.98 Å². The van der Waals surface area contributed by atoms with E-state index in [1.54, 1.807) is 24.5 Å². The number of anilines is 2. The number of benzene rings is 1. The number of rotatable bonds is 3. The fourth-order valence-corrected chi connectivity index (χ4v) is 3.28. The van der Waals surface area contributed by atoms with Gasteiger partial charge in [0.25, 0.3) is 0 Å². The molecule has 0 atom stereocenters. The molecule has 0 saturated carbocycles. The van der Waals surface area contributed by atoms with Gasteiger partial charge in [-0.05, 0) is 24.3 Å². The number of nitrogens with zero attached hydrogens (tertiary/aromatic N) is 5. The second-order valence-corrected chi connectivity index (χ2v) is 6.52. The largest absolute Gasteiger partial charge is 0.416 e. The average Bonchev–Trinajstić information content (AvgIpc) is 2.74. The van der Waals surface area contributed by atoms with Crippen molar-refractivity contribution >= 4 is 11.5 Å². The van der Waals surface area contributed by atoms with Crippen molar-refractivity contribution < 1.29 is 13.2 Å². The van der Waals surface area contributed by atoms with E-state index in [0.29, 0.717) is 11.3 Å². The Morgan fingerprint density at radius 2 is 1.54 bits per heavy atom. The second kappa shape index (κ2) is 7.46. The van der Waals surface area contributed by atoms with Gasteiger partial charge < -0.3 is 9.80 Å². The Hall–Kier alpha value is -3.16. The van der Waals surface area contributed by atoms with Crippen molar-refractivity contribution in [2.24, 2.45) is 0 Å². The summed E-state index contributed by atoms with van der Waals surface area (Å²) in [4.78, 5) is 16.9. The van der Waals surface area contributed by atoms with Crippen molar-refractivity contribution in [2.45, 2.75) is 6.18 Å². The summed E-state index contributed by atoms with van der Waals surface area (Å²) in [6, 6.07) is 10.9. The number of aromatic nitrogens is 3. The van der Waals surface area contributed by atoms with Crippen LogP contribution in [0.15, 0.2) is 61.2 Å². The fourth-order valence-electron chi connectivity index (χ4n) is 3.28. The minimum Gasteiger partial charge on any atom is -0.368 e. The van der Waals surface area contributed by atoms with E-state index in [2.05, 4.69) is 24.8 Å². The monoisotopic (exact) mass is 385 g/mol. The van der Waals surface area contributed by atoms with Crippen molar-refractivity contribution in [2.75, 3.05) is 36.0 Å². The lowest BCUT2D eigenvalue weighted by Crippen LogP contribution is -2.46. The molecular formula is C20H18F3N5.